The summed E-state index contributed by atoms with van der Waals surface area (Å²) in [7, 11) is -4.60. The molecule has 0 aromatic heterocycles. The molecule has 10 nitrogen and oxygen atoms in total. The second-order valence-electron chi connectivity index (χ2n) is 15.4. The largest absolute Gasteiger partial charge is 0.472 e. The molecule has 0 radical (unpaired) electrons. The van der Waals surface area contributed by atoms with Crippen molar-refractivity contribution < 1.29 is 47.8 Å². The summed E-state index contributed by atoms with van der Waals surface area (Å²) in [6, 6.07) is 0. The smallest absolute Gasteiger partial charge is 0.462 e. The first-order valence-electron chi connectivity index (χ1n) is 22.5. The second kappa shape index (κ2) is 40.2. The van der Waals surface area contributed by atoms with Gasteiger partial charge in [0.25, 0.3) is 0 Å². The Kier molecular flexibility index (Phi) is 39.4. The monoisotopic (exact) mass is 793 g/mol. The van der Waals surface area contributed by atoms with Gasteiger partial charge in [-0.3, -0.25) is 18.6 Å². The topological polar surface area (TPSA) is 149 Å². The Labute approximate surface area is 331 Å². The number of phosphoric acid groups is 1. The minimum atomic E-state index is -4.60. The van der Waals surface area contributed by atoms with E-state index in [4.69, 9.17) is 19.1 Å². The fraction of sp³-hybridized carbons (Fsp3) is 0.953. The standard InChI is InChI=1S/C43H85O10P/c1-3-5-7-9-11-13-14-15-16-17-18-19-20-21-22-23-24-25-27-28-30-32-34-42(46)50-38-41(39-52-54(48,49)51-37-40(45)36-44)53-43(47)35-33-31-29-26-12-10-8-6-4-2/h40-41,44-45H,3-39H2,1-2H3,(H,48,49)/t40-,41-/m1/s1. The van der Waals surface area contributed by atoms with Gasteiger partial charge in [-0.05, 0) is 12.8 Å². The molecule has 11 heteroatoms. The number of carbonyl (C=O) groups is 2. The molecule has 0 rings (SSSR count). The van der Waals surface area contributed by atoms with E-state index in [1.807, 2.05) is 0 Å². The van der Waals surface area contributed by atoms with Gasteiger partial charge < -0.3 is 24.6 Å². The fourth-order valence-corrected chi connectivity index (χ4v) is 7.31. The molecule has 0 bridgehead atoms. The van der Waals surface area contributed by atoms with Crippen molar-refractivity contribution >= 4 is 19.8 Å². The highest BCUT2D eigenvalue weighted by Gasteiger charge is 2.27. The second-order valence-corrected chi connectivity index (χ2v) is 16.9. The van der Waals surface area contributed by atoms with E-state index in [0.717, 1.165) is 32.1 Å². The van der Waals surface area contributed by atoms with Crippen LogP contribution in [0, 0.1) is 0 Å². The maximum atomic E-state index is 12.5. The van der Waals surface area contributed by atoms with Gasteiger partial charge in [-0.25, -0.2) is 4.57 Å². The van der Waals surface area contributed by atoms with Gasteiger partial charge in [-0.2, -0.15) is 0 Å². The maximum absolute atomic E-state index is 12.5. The summed E-state index contributed by atoms with van der Waals surface area (Å²) in [4.78, 5) is 34.9. The van der Waals surface area contributed by atoms with Gasteiger partial charge in [0.05, 0.1) is 19.8 Å². The normalized spacial score (nSPS) is 13.8. The van der Waals surface area contributed by atoms with Crippen molar-refractivity contribution in [2.24, 2.45) is 0 Å². The molecule has 0 heterocycles. The lowest BCUT2D eigenvalue weighted by Gasteiger charge is -2.20. The predicted molar refractivity (Wildman–Crippen MR) is 219 cm³/mol. The van der Waals surface area contributed by atoms with Crippen molar-refractivity contribution in [2.75, 3.05) is 26.4 Å². The van der Waals surface area contributed by atoms with Crippen LogP contribution in [0.4, 0.5) is 0 Å². The van der Waals surface area contributed by atoms with Crippen molar-refractivity contribution in [3.8, 4) is 0 Å². The van der Waals surface area contributed by atoms with E-state index in [2.05, 4.69) is 18.4 Å². The Bertz CT molecular complexity index is 873. The first-order valence-corrected chi connectivity index (χ1v) is 24.0. The molecule has 0 aliphatic carbocycles. The molecule has 322 valence electrons. The Morgan fingerprint density at radius 1 is 0.481 bits per heavy atom. The van der Waals surface area contributed by atoms with Crippen molar-refractivity contribution in [2.45, 2.75) is 238 Å². The van der Waals surface area contributed by atoms with Gasteiger partial charge >= 0.3 is 19.8 Å². The average molecular weight is 793 g/mol. The van der Waals surface area contributed by atoms with Gasteiger partial charge in [-0.1, -0.05) is 200 Å². The van der Waals surface area contributed by atoms with Crippen LogP contribution < -0.4 is 0 Å². The van der Waals surface area contributed by atoms with E-state index >= 15 is 0 Å². The van der Waals surface area contributed by atoms with Crippen molar-refractivity contribution in [3.05, 3.63) is 0 Å². The van der Waals surface area contributed by atoms with Gasteiger partial charge in [0, 0.05) is 12.8 Å². The molecule has 0 aliphatic heterocycles. The zero-order valence-electron chi connectivity index (χ0n) is 35.0. The SMILES string of the molecule is CCCCCCCCCCCCCCCCCCCCCCCCC(=O)OC[C@H](COP(=O)(O)OC[C@H](O)CO)OC(=O)CCCCCCCCCCC. The van der Waals surface area contributed by atoms with Gasteiger partial charge in [0.1, 0.15) is 12.7 Å². The summed E-state index contributed by atoms with van der Waals surface area (Å²) in [5, 5.41) is 18.3. The minimum Gasteiger partial charge on any atom is -0.462 e. The Morgan fingerprint density at radius 2 is 0.796 bits per heavy atom. The highest BCUT2D eigenvalue weighted by atomic mass is 31.2. The van der Waals surface area contributed by atoms with E-state index in [1.54, 1.807) is 0 Å². The lowest BCUT2D eigenvalue weighted by atomic mass is 10.0. The molecular formula is C43H85O10P. The number of ether oxygens (including phenoxy) is 2. The summed E-state index contributed by atoms with van der Waals surface area (Å²) in [5.41, 5.74) is 0. The Hall–Kier alpha value is -1.03. The van der Waals surface area contributed by atoms with Crippen LogP contribution in [0.2, 0.25) is 0 Å². The van der Waals surface area contributed by atoms with E-state index in [-0.39, 0.29) is 19.4 Å². The van der Waals surface area contributed by atoms with E-state index in [9.17, 15) is 24.2 Å². The molecule has 0 amide bonds. The van der Waals surface area contributed by atoms with Crippen LogP contribution in [0.3, 0.4) is 0 Å². The number of hydrogen-bond acceptors (Lipinski definition) is 9. The average Bonchev–Trinajstić information content (AvgIpc) is 3.16. The van der Waals surface area contributed by atoms with Crippen LogP contribution in [-0.4, -0.2) is 65.7 Å². The van der Waals surface area contributed by atoms with Crippen LogP contribution in [0.5, 0.6) is 0 Å². The van der Waals surface area contributed by atoms with Gasteiger partial charge in [-0.15, -0.1) is 0 Å². The third-order valence-corrected chi connectivity index (χ3v) is 11.0. The third-order valence-electron chi connectivity index (χ3n) is 10.0. The predicted octanol–water partition coefficient (Wildman–Crippen LogP) is 11.8. The molecule has 0 saturated heterocycles. The number of hydrogen-bond donors (Lipinski definition) is 3. The van der Waals surface area contributed by atoms with Crippen LogP contribution in [0.15, 0.2) is 0 Å². The third kappa shape index (κ3) is 39.2. The van der Waals surface area contributed by atoms with Crippen LogP contribution in [0.1, 0.15) is 226 Å². The number of unbranched alkanes of at least 4 members (excludes halogenated alkanes) is 29. The van der Waals surface area contributed by atoms with Crippen LogP contribution >= 0.6 is 7.82 Å². The molecule has 1 unspecified atom stereocenters. The van der Waals surface area contributed by atoms with Crippen LogP contribution in [0.25, 0.3) is 0 Å². The summed E-state index contributed by atoms with van der Waals surface area (Å²) in [6.07, 6.45) is 36.6. The summed E-state index contributed by atoms with van der Waals surface area (Å²) in [6.45, 7) is 2.39. The number of carbonyl (C=O) groups excluding carboxylic acids is 2. The summed E-state index contributed by atoms with van der Waals surface area (Å²) >= 11 is 0. The molecular weight excluding hydrogens is 707 g/mol. The quantitative estimate of drug-likeness (QED) is 0.0309. The van der Waals surface area contributed by atoms with Gasteiger partial charge in [0.15, 0.2) is 6.10 Å². The first kappa shape index (κ1) is 53.0. The molecule has 0 fully saturated rings. The molecule has 0 aromatic rings. The molecule has 3 atom stereocenters. The lowest BCUT2D eigenvalue weighted by Crippen LogP contribution is -2.29. The lowest BCUT2D eigenvalue weighted by molar-refractivity contribution is -0.161. The van der Waals surface area contributed by atoms with Gasteiger partial charge in [0.2, 0.25) is 0 Å². The van der Waals surface area contributed by atoms with Crippen LogP contribution in [-0.2, 0) is 32.7 Å². The number of esters is 2. The molecule has 0 saturated carbocycles. The number of aliphatic hydroxyl groups is 2. The van der Waals surface area contributed by atoms with E-state index in [1.165, 1.54) is 154 Å². The number of phosphoric ester groups is 1. The maximum Gasteiger partial charge on any atom is 0.472 e. The molecule has 3 N–H and O–H groups in total. The number of aliphatic hydroxyl groups excluding tert-OH is 2. The minimum absolute atomic E-state index is 0.190. The summed E-state index contributed by atoms with van der Waals surface area (Å²) < 4.78 is 32.6. The molecule has 54 heavy (non-hydrogen) atoms. The Balaban J connectivity index is 4.06. The van der Waals surface area contributed by atoms with Crippen molar-refractivity contribution in [1.29, 1.82) is 0 Å². The zero-order chi connectivity index (χ0) is 39.8. The molecule has 0 aromatic carbocycles. The zero-order valence-corrected chi connectivity index (χ0v) is 35.9. The highest BCUT2D eigenvalue weighted by molar-refractivity contribution is 7.47. The van der Waals surface area contributed by atoms with E-state index in [0.29, 0.717) is 12.8 Å². The molecule has 0 aliphatic rings. The van der Waals surface area contributed by atoms with Crippen molar-refractivity contribution in [1.82, 2.24) is 0 Å². The fourth-order valence-electron chi connectivity index (χ4n) is 6.52. The molecule has 0 spiro atoms. The highest BCUT2D eigenvalue weighted by Crippen LogP contribution is 2.43. The Morgan fingerprint density at radius 3 is 1.15 bits per heavy atom. The first-order chi connectivity index (χ1) is 26.2. The summed E-state index contributed by atoms with van der Waals surface area (Å²) in [5.74, 6) is -0.913. The van der Waals surface area contributed by atoms with Crippen molar-refractivity contribution in [3.63, 3.8) is 0 Å². The van der Waals surface area contributed by atoms with E-state index < -0.39 is 51.8 Å². The number of rotatable bonds is 43.